The fourth-order valence-electron chi connectivity index (χ4n) is 1.68. The predicted molar refractivity (Wildman–Crippen MR) is 79.5 cm³/mol. The molecule has 0 bridgehead atoms. The second kappa shape index (κ2) is 6.70. The van der Waals surface area contributed by atoms with E-state index in [0.29, 0.717) is 16.5 Å². The summed E-state index contributed by atoms with van der Waals surface area (Å²) < 4.78 is 39.5. The minimum absolute atomic E-state index is 0.0691. The average molecular weight is 349 g/mol. The van der Waals surface area contributed by atoms with Gasteiger partial charge in [0.15, 0.2) is 5.82 Å². The first-order valence-corrected chi connectivity index (χ1v) is 8.18. The Labute approximate surface area is 132 Å². The Kier molecular flexibility index (Phi) is 5.16. The maximum Gasteiger partial charge on any atom is 0.261 e. The molecule has 2 aromatic rings. The summed E-state index contributed by atoms with van der Waals surface area (Å²) >= 11 is 11.8. The molecular formula is C13H11Cl2FN2O2S. The normalized spacial score (nSPS) is 11.6. The van der Waals surface area contributed by atoms with Crippen molar-refractivity contribution < 1.29 is 12.8 Å². The van der Waals surface area contributed by atoms with E-state index in [2.05, 4.69) is 9.71 Å². The lowest BCUT2D eigenvalue weighted by Gasteiger charge is -2.08. The third-order valence-corrected chi connectivity index (χ3v) is 4.66. The first-order chi connectivity index (χ1) is 9.90. The van der Waals surface area contributed by atoms with Gasteiger partial charge in [0.25, 0.3) is 10.0 Å². The zero-order valence-corrected chi connectivity index (χ0v) is 13.0. The Balaban J connectivity index is 2.04. The van der Waals surface area contributed by atoms with E-state index in [1.165, 1.54) is 12.3 Å². The number of hydrogen-bond donors (Lipinski definition) is 1. The summed E-state index contributed by atoms with van der Waals surface area (Å²) in [5.74, 6) is -0.894. The molecule has 112 valence electrons. The SMILES string of the molecule is O=S(=O)(NCCc1ccc(Cl)cc1Cl)c1ncccc1F. The second-order valence-corrected chi connectivity index (χ2v) is 6.70. The third kappa shape index (κ3) is 4.14. The molecule has 0 amide bonds. The van der Waals surface area contributed by atoms with Crippen LogP contribution in [0.3, 0.4) is 0 Å². The van der Waals surface area contributed by atoms with Gasteiger partial charge in [0, 0.05) is 22.8 Å². The Bertz CT molecular complexity index is 754. The van der Waals surface area contributed by atoms with Gasteiger partial charge >= 0.3 is 0 Å². The Morgan fingerprint density at radius 2 is 2.00 bits per heavy atom. The van der Waals surface area contributed by atoms with E-state index < -0.39 is 20.9 Å². The standard InChI is InChI=1S/C13H11Cl2FN2O2S/c14-10-4-3-9(11(15)8-10)5-7-18-21(19,20)13-12(16)2-1-6-17-13/h1-4,6,8,18H,5,7H2. The highest BCUT2D eigenvalue weighted by Gasteiger charge is 2.19. The smallest absolute Gasteiger partial charge is 0.241 e. The van der Waals surface area contributed by atoms with Crippen LogP contribution in [0.15, 0.2) is 41.6 Å². The predicted octanol–water partition coefficient (Wildman–Crippen LogP) is 3.05. The Hall–Kier alpha value is -1.21. The lowest BCUT2D eigenvalue weighted by atomic mass is 10.1. The molecular weight excluding hydrogens is 338 g/mol. The Morgan fingerprint density at radius 3 is 2.67 bits per heavy atom. The lowest BCUT2D eigenvalue weighted by Crippen LogP contribution is -2.27. The second-order valence-electron chi connectivity index (χ2n) is 4.17. The minimum Gasteiger partial charge on any atom is -0.241 e. The van der Waals surface area contributed by atoms with Crippen LogP contribution >= 0.6 is 23.2 Å². The van der Waals surface area contributed by atoms with Crippen molar-refractivity contribution in [3.63, 3.8) is 0 Å². The molecule has 1 aromatic heterocycles. The number of nitrogens with zero attached hydrogens (tertiary/aromatic N) is 1. The maximum absolute atomic E-state index is 13.4. The summed E-state index contributed by atoms with van der Waals surface area (Å²) in [7, 11) is -3.99. The molecule has 0 aliphatic rings. The van der Waals surface area contributed by atoms with Crippen LogP contribution in [0, 0.1) is 5.82 Å². The van der Waals surface area contributed by atoms with E-state index in [4.69, 9.17) is 23.2 Å². The topological polar surface area (TPSA) is 59.1 Å². The highest BCUT2D eigenvalue weighted by atomic mass is 35.5. The molecule has 0 aliphatic heterocycles. The molecule has 4 nitrogen and oxygen atoms in total. The largest absolute Gasteiger partial charge is 0.261 e. The van der Waals surface area contributed by atoms with Gasteiger partial charge in [0.2, 0.25) is 5.03 Å². The molecule has 21 heavy (non-hydrogen) atoms. The van der Waals surface area contributed by atoms with Gasteiger partial charge in [0.1, 0.15) is 0 Å². The van der Waals surface area contributed by atoms with Crippen LogP contribution in [-0.4, -0.2) is 19.9 Å². The molecule has 0 radical (unpaired) electrons. The van der Waals surface area contributed by atoms with Crippen molar-refractivity contribution in [2.24, 2.45) is 0 Å². The quantitative estimate of drug-likeness (QED) is 0.903. The van der Waals surface area contributed by atoms with Crippen LogP contribution in [0.4, 0.5) is 4.39 Å². The number of halogens is 3. The lowest BCUT2D eigenvalue weighted by molar-refractivity contribution is 0.545. The van der Waals surface area contributed by atoms with Crippen molar-refractivity contribution in [3.05, 3.63) is 58.0 Å². The van der Waals surface area contributed by atoms with E-state index in [0.717, 1.165) is 11.6 Å². The van der Waals surface area contributed by atoms with Crippen molar-refractivity contribution in [1.82, 2.24) is 9.71 Å². The first kappa shape index (κ1) is 16.2. The fourth-order valence-corrected chi connectivity index (χ4v) is 3.22. The van der Waals surface area contributed by atoms with Crippen molar-refractivity contribution in [2.75, 3.05) is 6.54 Å². The molecule has 1 heterocycles. The molecule has 0 spiro atoms. The molecule has 0 saturated carbocycles. The van der Waals surface area contributed by atoms with Gasteiger partial charge in [-0.25, -0.2) is 22.5 Å². The molecule has 0 unspecified atom stereocenters. The third-order valence-electron chi connectivity index (χ3n) is 2.68. The summed E-state index contributed by atoms with van der Waals surface area (Å²) in [4.78, 5) is 3.54. The van der Waals surface area contributed by atoms with Crippen LogP contribution in [0.5, 0.6) is 0 Å². The van der Waals surface area contributed by atoms with E-state index >= 15 is 0 Å². The molecule has 1 N–H and O–H groups in total. The van der Waals surface area contributed by atoms with Crippen LogP contribution in [-0.2, 0) is 16.4 Å². The number of benzene rings is 1. The zero-order valence-electron chi connectivity index (χ0n) is 10.7. The molecule has 8 heteroatoms. The summed E-state index contributed by atoms with van der Waals surface area (Å²) in [5.41, 5.74) is 0.741. The van der Waals surface area contributed by atoms with Crippen molar-refractivity contribution in [3.8, 4) is 0 Å². The van der Waals surface area contributed by atoms with Crippen molar-refractivity contribution >= 4 is 33.2 Å². The van der Waals surface area contributed by atoms with E-state index in [1.807, 2.05) is 0 Å². The van der Waals surface area contributed by atoms with Gasteiger partial charge in [0.05, 0.1) is 0 Å². The van der Waals surface area contributed by atoms with Gasteiger partial charge in [-0.1, -0.05) is 29.3 Å². The number of sulfonamides is 1. The molecule has 0 fully saturated rings. The summed E-state index contributed by atoms with van der Waals surface area (Å²) in [6.07, 6.45) is 1.57. The highest BCUT2D eigenvalue weighted by molar-refractivity contribution is 7.89. The number of rotatable bonds is 5. The van der Waals surface area contributed by atoms with Crippen molar-refractivity contribution in [1.29, 1.82) is 0 Å². The number of hydrogen-bond acceptors (Lipinski definition) is 3. The first-order valence-electron chi connectivity index (χ1n) is 5.94. The van der Waals surface area contributed by atoms with E-state index in [1.54, 1.807) is 18.2 Å². The number of pyridine rings is 1. The minimum atomic E-state index is -3.99. The highest BCUT2D eigenvalue weighted by Crippen LogP contribution is 2.21. The molecule has 0 atom stereocenters. The fraction of sp³-hybridized carbons (Fsp3) is 0.154. The molecule has 1 aromatic carbocycles. The summed E-state index contributed by atoms with van der Waals surface area (Å²) in [6, 6.07) is 7.31. The zero-order chi connectivity index (χ0) is 15.5. The number of nitrogens with one attached hydrogen (secondary N) is 1. The van der Waals surface area contributed by atoms with Gasteiger partial charge < -0.3 is 0 Å². The van der Waals surface area contributed by atoms with Gasteiger partial charge in [-0.3, -0.25) is 0 Å². The van der Waals surface area contributed by atoms with Crippen molar-refractivity contribution in [2.45, 2.75) is 11.4 Å². The van der Waals surface area contributed by atoms with Crippen LogP contribution in [0.25, 0.3) is 0 Å². The van der Waals surface area contributed by atoms with Crippen LogP contribution in [0.2, 0.25) is 10.0 Å². The van der Waals surface area contributed by atoms with Gasteiger partial charge in [-0.2, -0.15) is 0 Å². The maximum atomic E-state index is 13.4. The molecule has 2 rings (SSSR count). The molecule has 0 saturated heterocycles. The molecule has 0 aliphatic carbocycles. The average Bonchev–Trinajstić information content (AvgIpc) is 2.41. The van der Waals surface area contributed by atoms with Gasteiger partial charge in [-0.05, 0) is 36.2 Å². The van der Waals surface area contributed by atoms with Crippen LogP contribution < -0.4 is 4.72 Å². The number of aromatic nitrogens is 1. The Morgan fingerprint density at radius 1 is 1.24 bits per heavy atom. The van der Waals surface area contributed by atoms with E-state index in [-0.39, 0.29) is 6.54 Å². The monoisotopic (exact) mass is 348 g/mol. The summed E-state index contributed by atoms with van der Waals surface area (Å²) in [5, 5.41) is 0.331. The van der Waals surface area contributed by atoms with E-state index in [9.17, 15) is 12.8 Å². The summed E-state index contributed by atoms with van der Waals surface area (Å²) in [6.45, 7) is 0.0691. The van der Waals surface area contributed by atoms with Crippen LogP contribution in [0.1, 0.15) is 5.56 Å². The van der Waals surface area contributed by atoms with Gasteiger partial charge in [-0.15, -0.1) is 0 Å².